The maximum atomic E-state index is 11.8. The Morgan fingerprint density at radius 1 is 1.26 bits per heavy atom. The third-order valence-corrected chi connectivity index (χ3v) is 4.67. The van der Waals surface area contributed by atoms with Crippen LogP contribution in [0.1, 0.15) is 30.9 Å². The van der Waals surface area contributed by atoms with E-state index in [9.17, 15) is 4.79 Å². The SMILES string of the molecule is CCOC(=O)C1CCN(C(=NC)NCCOc2c(C)cccc2C)CC1.I. The Morgan fingerprint density at radius 3 is 2.44 bits per heavy atom. The van der Waals surface area contributed by atoms with E-state index in [4.69, 9.17) is 9.47 Å². The van der Waals surface area contributed by atoms with E-state index in [0.717, 1.165) is 48.8 Å². The smallest absolute Gasteiger partial charge is 0.309 e. The number of carbonyl (C=O) groups excluding carboxylic acids is 1. The molecule has 1 saturated heterocycles. The molecule has 0 radical (unpaired) electrons. The van der Waals surface area contributed by atoms with Crippen LogP contribution in [-0.4, -0.2) is 56.7 Å². The molecule has 1 aromatic rings. The maximum absolute atomic E-state index is 11.8. The molecule has 1 aromatic carbocycles. The Balaban J connectivity index is 0.00000364. The second-order valence-corrected chi connectivity index (χ2v) is 6.56. The number of carbonyl (C=O) groups is 1. The fourth-order valence-electron chi connectivity index (χ4n) is 3.26. The van der Waals surface area contributed by atoms with Gasteiger partial charge in [0.15, 0.2) is 5.96 Å². The number of esters is 1. The van der Waals surface area contributed by atoms with Gasteiger partial charge < -0.3 is 19.7 Å². The van der Waals surface area contributed by atoms with Crippen LogP contribution in [0.4, 0.5) is 0 Å². The molecule has 0 amide bonds. The second-order valence-electron chi connectivity index (χ2n) is 6.56. The monoisotopic (exact) mass is 489 g/mol. The lowest BCUT2D eigenvalue weighted by atomic mass is 9.97. The number of ether oxygens (including phenoxy) is 2. The number of aryl methyl sites for hydroxylation is 2. The molecule has 0 aliphatic carbocycles. The number of halogens is 1. The van der Waals surface area contributed by atoms with Gasteiger partial charge >= 0.3 is 5.97 Å². The van der Waals surface area contributed by atoms with E-state index in [1.54, 1.807) is 7.05 Å². The van der Waals surface area contributed by atoms with Crippen LogP contribution in [0.25, 0.3) is 0 Å². The Morgan fingerprint density at radius 2 is 1.89 bits per heavy atom. The van der Waals surface area contributed by atoms with E-state index < -0.39 is 0 Å². The minimum absolute atomic E-state index is 0. The molecule has 1 heterocycles. The normalized spacial score (nSPS) is 15.1. The molecule has 0 aromatic heterocycles. The summed E-state index contributed by atoms with van der Waals surface area (Å²) in [5, 5.41) is 3.35. The van der Waals surface area contributed by atoms with E-state index in [1.165, 1.54) is 0 Å². The third kappa shape index (κ3) is 6.86. The minimum atomic E-state index is -0.0721. The van der Waals surface area contributed by atoms with Crippen LogP contribution in [0.2, 0.25) is 0 Å². The lowest BCUT2D eigenvalue weighted by Gasteiger charge is -2.33. The number of piperidine rings is 1. The Hall–Kier alpha value is -1.51. The van der Waals surface area contributed by atoms with Gasteiger partial charge in [-0.3, -0.25) is 9.79 Å². The summed E-state index contributed by atoms with van der Waals surface area (Å²) in [5.74, 6) is 1.76. The number of likely N-dealkylation sites (tertiary alicyclic amines) is 1. The zero-order valence-electron chi connectivity index (χ0n) is 16.8. The molecule has 27 heavy (non-hydrogen) atoms. The van der Waals surface area contributed by atoms with Crippen molar-refractivity contribution >= 4 is 35.9 Å². The van der Waals surface area contributed by atoms with Gasteiger partial charge in [-0.2, -0.15) is 0 Å². The predicted octanol–water partition coefficient (Wildman–Crippen LogP) is 3.15. The molecule has 0 bridgehead atoms. The second kappa shape index (κ2) is 12.0. The first-order chi connectivity index (χ1) is 12.6. The van der Waals surface area contributed by atoms with Crippen molar-refractivity contribution in [3.05, 3.63) is 29.3 Å². The van der Waals surface area contributed by atoms with Crippen molar-refractivity contribution in [2.75, 3.05) is 39.9 Å². The van der Waals surface area contributed by atoms with E-state index in [0.29, 0.717) is 19.8 Å². The summed E-state index contributed by atoms with van der Waals surface area (Å²) < 4.78 is 11.1. The van der Waals surface area contributed by atoms with Crippen LogP contribution in [-0.2, 0) is 9.53 Å². The van der Waals surface area contributed by atoms with Gasteiger partial charge in [0, 0.05) is 20.1 Å². The molecule has 0 unspecified atom stereocenters. The summed E-state index contributed by atoms with van der Waals surface area (Å²) in [6.45, 7) is 9.27. The highest BCUT2D eigenvalue weighted by Gasteiger charge is 2.27. The van der Waals surface area contributed by atoms with Gasteiger partial charge in [0.05, 0.1) is 19.1 Å². The summed E-state index contributed by atoms with van der Waals surface area (Å²) in [6.07, 6.45) is 1.61. The molecule has 1 aliphatic heterocycles. The van der Waals surface area contributed by atoms with Gasteiger partial charge in [0.2, 0.25) is 0 Å². The molecular weight excluding hydrogens is 457 g/mol. The summed E-state index contributed by atoms with van der Waals surface area (Å²) in [7, 11) is 1.78. The lowest BCUT2D eigenvalue weighted by Crippen LogP contribution is -2.47. The Bertz CT molecular complexity index is 609. The van der Waals surface area contributed by atoms with Crippen molar-refractivity contribution in [1.29, 1.82) is 0 Å². The maximum Gasteiger partial charge on any atom is 0.309 e. The van der Waals surface area contributed by atoms with Gasteiger partial charge in [-0.25, -0.2) is 0 Å². The van der Waals surface area contributed by atoms with Gasteiger partial charge in [0.1, 0.15) is 12.4 Å². The molecule has 6 nitrogen and oxygen atoms in total. The topological polar surface area (TPSA) is 63.2 Å². The van der Waals surface area contributed by atoms with Crippen LogP contribution < -0.4 is 10.1 Å². The number of hydrogen-bond donors (Lipinski definition) is 1. The quantitative estimate of drug-likeness (QED) is 0.219. The third-order valence-electron chi connectivity index (χ3n) is 4.67. The molecule has 152 valence electrons. The molecule has 1 fully saturated rings. The van der Waals surface area contributed by atoms with Crippen LogP contribution in [0.3, 0.4) is 0 Å². The number of benzene rings is 1. The number of guanidine groups is 1. The lowest BCUT2D eigenvalue weighted by molar-refractivity contribution is -0.149. The molecular formula is C20H32IN3O3. The van der Waals surface area contributed by atoms with E-state index in [-0.39, 0.29) is 35.9 Å². The van der Waals surface area contributed by atoms with Crippen LogP contribution in [0.15, 0.2) is 23.2 Å². The highest BCUT2D eigenvalue weighted by molar-refractivity contribution is 14.0. The summed E-state index contributed by atoms with van der Waals surface area (Å²) in [6, 6.07) is 6.16. The van der Waals surface area contributed by atoms with Crippen LogP contribution in [0.5, 0.6) is 5.75 Å². The number of nitrogens with zero attached hydrogens (tertiary/aromatic N) is 2. The highest BCUT2D eigenvalue weighted by atomic mass is 127. The van der Waals surface area contributed by atoms with Crippen LogP contribution >= 0.6 is 24.0 Å². The molecule has 0 saturated carbocycles. The molecule has 1 aliphatic rings. The number of hydrogen-bond acceptors (Lipinski definition) is 4. The number of para-hydroxylation sites is 1. The first-order valence-electron chi connectivity index (χ1n) is 9.38. The van der Waals surface area contributed by atoms with Crippen molar-refractivity contribution in [3.8, 4) is 5.75 Å². The number of nitrogens with one attached hydrogen (secondary N) is 1. The van der Waals surface area contributed by atoms with Crippen LogP contribution in [0, 0.1) is 19.8 Å². The Labute approximate surface area is 179 Å². The van der Waals surface area contributed by atoms with Gasteiger partial charge in [0.25, 0.3) is 0 Å². The fourth-order valence-corrected chi connectivity index (χ4v) is 3.26. The average molecular weight is 489 g/mol. The standard InChI is InChI=1S/C20H31N3O3.HI/c1-5-25-19(24)17-9-12-23(13-10-17)20(21-4)22-11-14-26-18-15(2)7-6-8-16(18)3;/h6-8,17H,5,9-14H2,1-4H3,(H,21,22);1H. The zero-order chi connectivity index (χ0) is 18.9. The van der Waals surface area contributed by atoms with Crippen molar-refractivity contribution in [2.45, 2.75) is 33.6 Å². The highest BCUT2D eigenvalue weighted by Crippen LogP contribution is 2.22. The van der Waals surface area contributed by atoms with Gasteiger partial charge in [-0.05, 0) is 44.7 Å². The first-order valence-corrected chi connectivity index (χ1v) is 9.38. The largest absolute Gasteiger partial charge is 0.491 e. The Kier molecular flexibility index (Phi) is 10.5. The van der Waals surface area contributed by atoms with E-state index in [1.807, 2.05) is 13.0 Å². The van der Waals surface area contributed by atoms with Crippen molar-refractivity contribution in [3.63, 3.8) is 0 Å². The molecule has 1 N–H and O–H groups in total. The average Bonchev–Trinajstić information content (AvgIpc) is 2.64. The number of aliphatic imine (C=N–C) groups is 1. The first kappa shape index (κ1) is 23.5. The molecule has 0 spiro atoms. The minimum Gasteiger partial charge on any atom is -0.491 e. The summed E-state index contributed by atoms with van der Waals surface area (Å²) in [5.41, 5.74) is 2.30. The fraction of sp³-hybridized carbons (Fsp3) is 0.600. The van der Waals surface area contributed by atoms with Crippen molar-refractivity contribution in [2.24, 2.45) is 10.9 Å². The van der Waals surface area contributed by atoms with Gasteiger partial charge in [-0.1, -0.05) is 18.2 Å². The van der Waals surface area contributed by atoms with E-state index in [2.05, 4.69) is 41.2 Å². The van der Waals surface area contributed by atoms with Crippen molar-refractivity contribution in [1.82, 2.24) is 10.2 Å². The summed E-state index contributed by atoms with van der Waals surface area (Å²) >= 11 is 0. The van der Waals surface area contributed by atoms with Gasteiger partial charge in [-0.15, -0.1) is 24.0 Å². The summed E-state index contributed by atoms with van der Waals surface area (Å²) in [4.78, 5) is 18.4. The predicted molar refractivity (Wildman–Crippen MR) is 119 cm³/mol. The molecule has 2 rings (SSSR count). The van der Waals surface area contributed by atoms with Crippen molar-refractivity contribution < 1.29 is 14.3 Å². The molecule has 7 heteroatoms. The molecule has 0 atom stereocenters. The number of rotatable bonds is 6. The zero-order valence-corrected chi connectivity index (χ0v) is 19.1. The van der Waals surface area contributed by atoms with E-state index >= 15 is 0 Å².